The summed E-state index contributed by atoms with van der Waals surface area (Å²) in [6.45, 7) is 6.04. The summed E-state index contributed by atoms with van der Waals surface area (Å²) in [6, 6.07) is 6.39. The maximum atomic E-state index is 11.6. The fourth-order valence-electron chi connectivity index (χ4n) is 2.04. The molecule has 1 atom stereocenters. The molecule has 10 heteroatoms. The van der Waals surface area contributed by atoms with Crippen LogP contribution in [0.3, 0.4) is 0 Å². The maximum absolute atomic E-state index is 11.6. The van der Waals surface area contributed by atoms with Gasteiger partial charge in [0.1, 0.15) is 11.6 Å². The average molecular weight is 393 g/mol. The molecular formula is C17H23N5O4S. The number of nitrogens with zero attached hydrogens (tertiary/aromatic N) is 2. The molecule has 0 spiro atoms. The number of primary amides is 1. The van der Waals surface area contributed by atoms with E-state index in [1.54, 1.807) is 12.1 Å². The van der Waals surface area contributed by atoms with Crippen LogP contribution in [-0.4, -0.2) is 36.6 Å². The van der Waals surface area contributed by atoms with Crippen LogP contribution in [0, 0.1) is 5.92 Å². The molecular weight excluding hydrogens is 370 g/mol. The van der Waals surface area contributed by atoms with Crippen molar-refractivity contribution in [1.82, 2.24) is 9.97 Å². The zero-order valence-corrected chi connectivity index (χ0v) is 16.4. The Labute approximate surface area is 158 Å². The highest BCUT2D eigenvalue weighted by atomic mass is 32.2. The van der Waals surface area contributed by atoms with Crippen LogP contribution in [0.15, 0.2) is 30.5 Å². The normalized spacial score (nSPS) is 12.5. The Morgan fingerprint density at radius 3 is 2.56 bits per heavy atom. The van der Waals surface area contributed by atoms with Crippen molar-refractivity contribution in [3.63, 3.8) is 0 Å². The SMILES string of the molecule is CC(C)C(C)Nc1nc(Nc2cccc(OS(C)(=O)=O)c2)ncc1C(N)=O. The standard InChI is InChI=1S/C17H23N5O4S/c1-10(2)11(3)20-16-14(15(18)23)9-19-17(22-16)21-12-6-5-7-13(8-12)26-27(4,24)25/h5-11H,1-4H3,(H2,18,23)(H2,19,20,21,22). The van der Waals surface area contributed by atoms with E-state index in [1.165, 1.54) is 18.3 Å². The molecule has 0 radical (unpaired) electrons. The third-order valence-corrected chi connectivity index (χ3v) is 4.25. The fraction of sp³-hybridized carbons (Fsp3) is 0.353. The topological polar surface area (TPSA) is 136 Å². The van der Waals surface area contributed by atoms with Gasteiger partial charge in [-0.15, -0.1) is 0 Å². The number of hydrogen-bond acceptors (Lipinski definition) is 8. The second-order valence-electron chi connectivity index (χ2n) is 6.44. The summed E-state index contributed by atoms with van der Waals surface area (Å²) < 4.78 is 27.4. The summed E-state index contributed by atoms with van der Waals surface area (Å²) in [5, 5.41) is 6.11. The number of carbonyl (C=O) groups is 1. The van der Waals surface area contributed by atoms with Crippen molar-refractivity contribution in [2.75, 3.05) is 16.9 Å². The van der Waals surface area contributed by atoms with E-state index in [4.69, 9.17) is 9.92 Å². The van der Waals surface area contributed by atoms with Crippen molar-refractivity contribution in [3.05, 3.63) is 36.0 Å². The lowest BCUT2D eigenvalue weighted by Crippen LogP contribution is -2.25. The third kappa shape index (κ3) is 6.10. The van der Waals surface area contributed by atoms with Gasteiger partial charge < -0.3 is 20.6 Å². The number of nitrogens with one attached hydrogen (secondary N) is 2. The predicted octanol–water partition coefficient (Wildman–Crippen LogP) is 2.11. The molecule has 1 heterocycles. The first-order valence-corrected chi connectivity index (χ1v) is 10.1. The zero-order valence-electron chi connectivity index (χ0n) is 15.6. The van der Waals surface area contributed by atoms with Crippen LogP contribution in [0.4, 0.5) is 17.5 Å². The molecule has 9 nitrogen and oxygen atoms in total. The van der Waals surface area contributed by atoms with E-state index in [1.807, 2.05) is 20.8 Å². The Morgan fingerprint density at radius 2 is 1.96 bits per heavy atom. The molecule has 4 N–H and O–H groups in total. The largest absolute Gasteiger partial charge is 0.383 e. The predicted molar refractivity (Wildman–Crippen MR) is 104 cm³/mol. The summed E-state index contributed by atoms with van der Waals surface area (Å²) in [6.07, 6.45) is 2.30. The smallest absolute Gasteiger partial charge is 0.306 e. The molecule has 1 amide bonds. The minimum Gasteiger partial charge on any atom is -0.383 e. The number of carbonyl (C=O) groups excluding carboxylic acids is 1. The molecule has 0 aliphatic rings. The van der Waals surface area contributed by atoms with Crippen molar-refractivity contribution in [1.29, 1.82) is 0 Å². The van der Waals surface area contributed by atoms with Gasteiger partial charge in [-0.1, -0.05) is 19.9 Å². The first-order chi connectivity index (χ1) is 12.5. The van der Waals surface area contributed by atoms with Gasteiger partial charge in [-0.05, 0) is 25.0 Å². The van der Waals surface area contributed by atoms with Crippen LogP contribution in [0.5, 0.6) is 5.75 Å². The average Bonchev–Trinajstić information content (AvgIpc) is 2.53. The molecule has 27 heavy (non-hydrogen) atoms. The van der Waals surface area contributed by atoms with Crippen molar-refractivity contribution < 1.29 is 17.4 Å². The Bertz CT molecular complexity index is 931. The lowest BCUT2D eigenvalue weighted by atomic mass is 10.1. The Morgan fingerprint density at radius 1 is 1.26 bits per heavy atom. The van der Waals surface area contributed by atoms with Crippen LogP contribution >= 0.6 is 0 Å². The van der Waals surface area contributed by atoms with Gasteiger partial charge in [0.15, 0.2) is 0 Å². The van der Waals surface area contributed by atoms with Crippen molar-refractivity contribution in [2.24, 2.45) is 11.7 Å². The molecule has 0 fully saturated rings. The van der Waals surface area contributed by atoms with Gasteiger partial charge in [-0.25, -0.2) is 4.98 Å². The molecule has 0 bridgehead atoms. The highest BCUT2D eigenvalue weighted by Gasteiger charge is 2.16. The van der Waals surface area contributed by atoms with Crippen molar-refractivity contribution >= 4 is 33.5 Å². The number of aromatic nitrogens is 2. The van der Waals surface area contributed by atoms with Gasteiger partial charge in [0.25, 0.3) is 5.91 Å². The van der Waals surface area contributed by atoms with Gasteiger partial charge in [-0.2, -0.15) is 13.4 Å². The summed E-state index contributed by atoms with van der Waals surface area (Å²) >= 11 is 0. The molecule has 1 aromatic heterocycles. The first kappa shape index (κ1) is 20.4. The van der Waals surface area contributed by atoms with E-state index < -0.39 is 16.0 Å². The highest BCUT2D eigenvalue weighted by molar-refractivity contribution is 7.86. The molecule has 2 rings (SSSR count). The van der Waals surface area contributed by atoms with Gasteiger partial charge in [0, 0.05) is 24.0 Å². The minimum absolute atomic E-state index is 0.0531. The van der Waals surface area contributed by atoms with Crippen LogP contribution in [0.25, 0.3) is 0 Å². The Hall–Kier alpha value is -2.88. The number of hydrogen-bond donors (Lipinski definition) is 3. The van der Waals surface area contributed by atoms with E-state index in [9.17, 15) is 13.2 Å². The van der Waals surface area contributed by atoms with Crippen LogP contribution < -0.4 is 20.6 Å². The van der Waals surface area contributed by atoms with Gasteiger partial charge in [-0.3, -0.25) is 4.79 Å². The number of rotatable bonds is 8. The van der Waals surface area contributed by atoms with E-state index in [-0.39, 0.29) is 23.3 Å². The minimum atomic E-state index is -3.63. The molecule has 1 unspecified atom stereocenters. The summed E-state index contributed by atoms with van der Waals surface area (Å²) in [4.78, 5) is 20.0. The van der Waals surface area contributed by atoms with E-state index in [0.29, 0.717) is 17.4 Å². The van der Waals surface area contributed by atoms with Gasteiger partial charge in [0.2, 0.25) is 5.95 Å². The number of amides is 1. The molecule has 0 aliphatic heterocycles. The lowest BCUT2D eigenvalue weighted by molar-refractivity contribution is 0.100. The second kappa shape index (κ2) is 8.21. The van der Waals surface area contributed by atoms with Gasteiger partial charge >= 0.3 is 10.1 Å². The Kier molecular flexibility index (Phi) is 6.21. The zero-order chi connectivity index (χ0) is 20.2. The molecule has 2 aromatic rings. The second-order valence-corrected chi connectivity index (χ2v) is 8.01. The lowest BCUT2D eigenvalue weighted by Gasteiger charge is -2.19. The molecule has 0 saturated carbocycles. The molecule has 0 aliphatic carbocycles. The quantitative estimate of drug-likeness (QED) is 0.580. The van der Waals surface area contributed by atoms with E-state index in [2.05, 4.69) is 20.6 Å². The van der Waals surface area contributed by atoms with Crippen LogP contribution in [0.1, 0.15) is 31.1 Å². The van der Waals surface area contributed by atoms with Crippen molar-refractivity contribution in [3.8, 4) is 5.75 Å². The summed E-state index contributed by atoms with van der Waals surface area (Å²) in [5.41, 5.74) is 6.10. The monoisotopic (exact) mass is 393 g/mol. The summed E-state index contributed by atoms with van der Waals surface area (Å²) in [7, 11) is -3.63. The van der Waals surface area contributed by atoms with Crippen LogP contribution in [-0.2, 0) is 10.1 Å². The van der Waals surface area contributed by atoms with Gasteiger partial charge in [0.05, 0.1) is 11.8 Å². The molecule has 0 saturated heterocycles. The molecule has 1 aromatic carbocycles. The van der Waals surface area contributed by atoms with E-state index >= 15 is 0 Å². The number of nitrogens with two attached hydrogens (primary N) is 1. The Balaban J connectivity index is 2.29. The number of anilines is 3. The number of benzene rings is 1. The van der Waals surface area contributed by atoms with Crippen molar-refractivity contribution in [2.45, 2.75) is 26.8 Å². The third-order valence-electron chi connectivity index (χ3n) is 3.76. The molecule has 146 valence electrons. The first-order valence-electron chi connectivity index (χ1n) is 8.25. The van der Waals surface area contributed by atoms with E-state index in [0.717, 1.165) is 6.26 Å². The summed E-state index contributed by atoms with van der Waals surface area (Å²) in [5.74, 6) is 0.369. The maximum Gasteiger partial charge on any atom is 0.306 e. The van der Waals surface area contributed by atoms with Crippen LogP contribution in [0.2, 0.25) is 0 Å². The fourth-order valence-corrected chi connectivity index (χ4v) is 2.50. The highest BCUT2D eigenvalue weighted by Crippen LogP contribution is 2.23.